The standard InChI is InChI=1S/C56H102O4/c1-7-13-19-25-29-33-41-49-55(45-37-23-17-11-5,47-39-31-27-21-15-9-3)59-53(57)51-43-35-36-44-52(51)54(58)60-56(46-38-24-18-12-6,48-40-32-28-22-16-10-4)50-42-34-30-26-20-14-8-2/h35-36,43-44H,7-34,37-42,45-50H2,1-6H3. The maximum atomic E-state index is 14.7. The van der Waals surface area contributed by atoms with Gasteiger partial charge in [-0.25, -0.2) is 9.59 Å². The molecule has 1 aromatic carbocycles. The number of esters is 2. The highest BCUT2D eigenvalue weighted by molar-refractivity contribution is 6.03. The van der Waals surface area contributed by atoms with Crippen LogP contribution in [0.1, 0.15) is 319 Å². The van der Waals surface area contributed by atoms with E-state index >= 15 is 0 Å². The molecule has 0 heterocycles. The van der Waals surface area contributed by atoms with Crippen molar-refractivity contribution in [3.8, 4) is 0 Å². The monoisotopic (exact) mass is 839 g/mol. The van der Waals surface area contributed by atoms with Crippen molar-refractivity contribution >= 4 is 11.9 Å². The Morgan fingerprint density at radius 2 is 0.500 bits per heavy atom. The molecule has 0 saturated carbocycles. The zero-order valence-electron chi connectivity index (χ0n) is 41.2. The Bertz CT molecular complexity index is 1040. The fraction of sp³-hybridized carbons (Fsp3) is 0.857. The largest absolute Gasteiger partial charge is 0.455 e. The Morgan fingerprint density at radius 1 is 0.317 bits per heavy atom. The molecule has 0 radical (unpaired) electrons. The average Bonchev–Trinajstić information content (AvgIpc) is 3.25. The fourth-order valence-electron chi connectivity index (χ4n) is 9.41. The molecular formula is C56H102O4. The molecule has 2 atom stereocenters. The predicted octanol–water partition coefficient (Wildman–Crippen LogP) is 19.2. The summed E-state index contributed by atoms with van der Waals surface area (Å²) in [5, 5.41) is 0. The van der Waals surface area contributed by atoms with Crippen molar-refractivity contribution in [1.82, 2.24) is 0 Å². The first-order valence-corrected chi connectivity index (χ1v) is 26.9. The topological polar surface area (TPSA) is 52.6 Å². The SMILES string of the molecule is CCCCCCCCCC(CCCCCC)(CCCCCCCC)OC(=O)c1ccccc1C(=O)OC(CCCCCC)(CCCCCCCC)CCCCCCCCC. The van der Waals surface area contributed by atoms with Gasteiger partial charge in [-0.2, -0.15) is 0 Å². The summed E-state index contributed by atoms with van der Waals surface area (Å²) in [4.78, 5) is 29.3. The van der Waals surface area contributed by atoms with Crippen LogP contribution in [-0.2, 0) is 9.47 Å². The first-order chi connectivity index (χ1) is 29.4. The van der Waals surface area contributed by atoms with Gasteiger partial charge in [0.15, 0.2) is 0 Å². The smallest absolute Gasteiger partial charge is 0.339 e. The van der Waals surface area contributed by atoms with Gasteiger partial charge in [0.25, 0.3) is 0 Å². The first kappa shape index (κ1) is 56.2. The number of ether oxygens (including phenoxy) is 2. The minimum absolute atomic E-state index is 0.330. The minimum atomic E-state index is -0.492. The average molecular weight is 839 g/mol. The third-order valence-corrected chi connectivity index (χ3v) is 13.4. The maximum Gasteiger partial charge on any atom is 0.339 e. The van der Waals surface area contributed by atoms with Gasteiger partial charge in [-0.1, -0.05) is 233 Å². The van der Waals surface area contributed by atoms with Crippen molar-refractivity contribution < 1.29 is 19.1 Å². The van der Waals surface area contributed by atoms with Crippen LogP contribution in [0.5, 0.6) is 0 Å². The highest BCUT2D eigenvalue weighted by Crippen LogP contribution is 2.37. The predicted molar refractivity (Wildman–Crippen MR) is 261 cm³/mol. The van der Waals surface area contributed by atoms with E-state index in [0.29, 0.717) is 11.1 Å². The second-order valence-electron chi connectivity index (χ2n) is 19.1. The van der Waals surface area contributed by atoms with E-state index in [-0.39, 0.29) is 11.9 Å². The van der Waals surface area contributed by atoms with Gasteiger partial charge in [0.1, 0.15) is 11.2 Å². The first-order valence-electron chi connectivity index (χ1n) is 26.9. The molecular weight excluding hydrogens is 737 g/mol. The molecule has 0 aliphatic heterocycles. The summed E-state index contributed by atoms with van der Waals surface area (Å²) in [6, 6.07) is 7.44. The van der Waals surface area contributed by atoms with Gasteiger partial charge >= 0.3 is 11.9 Å². The molecule has 0 N–H and O–H groups in total. The molecule has 350 valence electrons. The minimum Gasteiger partial charge on any atom is -0.455 e. The molecule has 4 nitrogen and oxygen atoms in total. The fourth-order valence-corrected chi connectivity index (χ4v) is 9.41. The zero-order valence-corrected chi connectivity index (χ0v) is 41.2. The molecule has 60 heavy (non-hydrogen) atoms. The van der Waals surface area contributed by atoms with Crippen molar-refractivity contribution in [3.05, 3.63) is 35.4 Å². The molecule has 0 aliphatic rings. The van der Waals surface area contributed by atoms with E-state index in [1.807, 2.05) is 24.3 Å². The molecule has 0 fully saturated rings. The van der Waals surface area contributed by atoms with Crippen molar-refractivity contribution in [1.29, 1.82) is 0 Å². The van der Waals surface area contributed by atoms with Crippen LogP contribution in [-0.4, -0.2) is 23.1 Å². The van der Waals surface area contributed by atoms with Crippen molar-refractivity contribution in [3.63, 3.8) is 0 Å². The van der Waals surface area contributed by atoms with Crippen molar-refractivity contribution in [2.24, 2.45) is 0 Å². The highest BCUT2D eigenvalue weighted by atomic mass is 16.6. The molecule has 0 aliphatic carbocycles. The number of carbonyl (C=O) groups excluding carboxylic acids is 2. The van der Waals surface area contributed by atoms with E-state index in [9.17, 15) is 9.59 Å². The summed E-state index contributed by atoms with van der Waals surface area (Å²) in [5.41, 5.74) is -0.210. The molecule has 0 bridgehead atoms. The van der Waals surface area contributed by atoms with Crippen LogP contribution in [0.3, 0.4) is 0 Å². The summed E-state index contributed by atoms with van der Waals surface area (Å²) >= 11 is 0. The lowest BCUT2D eigenvalue weighted by molar-refractivity contribution is -0.0400. The second-order valence-corrected chi connectivity index (χ2v) is 19.1. The van der Waals surface area contributed by atoms with E-state index in [4.69, 9.17) is 9.47 Å². The van der Waals surface area contributed by atoms with Crippen LogP contribution in [0.25, 0.3) is 0 Å². The molecule has 0 spiro atoms. The summed E-state index contributed by atoms with van der Waals surface area (Å²) in [5.74, 6) is -0.660. The summed E-state index contributed by atoms with van der Waals surface area (Å²) in [7, 11) is 0. The molecule has 2 unspecified atom stereocenters. The van der Waals surface area contributed by atoms with Crippen LogP contribution in [0.15, 0.2) is 24.3 Å². The molecule has 1 aromatic rings. The number of unbranched alkanes of at least 4 members (excludes halogenated alkanes) is 28. The maximum absolute atomic E-state index is 14.7. The molecule has 0 aromatic heterocycles. The summed E-state index contributed by atoms with van der Waals surface area (Å²) in [6.45, 7) is 13.6. The van der Waals surface area contributed by atoms with Gasteiger partial charge < -0.3 is 9.47 Å². The van der Waals surface area contributed by atoms with Gasteiger partial charge in [0, 0.05) is 0 Å². The Hall–Kier alpha value is -1.84. The Morgan fingerprint density at radius 3 is 0.717 bits per heavy atom. The van der Waals surface area contributed by atoms with E-state index in [0.717, 1.165) is 77.0 Å². The Labute approximate surface area is 374 Å². The summed E-state index contributed by atoms with van der Waals surface area (Å²) < 4.78 is 13.7. The van der Waals surface area contributed by atoms with Crippen LogP contribution in [0.2, 0.25) is 0 Å². The molecule has 1 rings (SSSR count). The van der Waals surface area contributed by atoms with Crippen molar-refractivity contribution in [2.75, 3.05) is 0 Å². The van der Waals surface area contributed by atoms with Gasteiger partial charge in [0.05, 0.1) is 11.1 Å². The number of hydrogen-bond donors (Lipinski definition) is 0. The van der Waals surface area contributed by atoms with Gasteiger partial charge in [-0.3, -0.25) is 0 Å². The van der Waals surface area contributed by atoms with Crippen LogP contribution in [0.4, 0.5) is 0 Å². The normalized spacial score (nSPS) is 13.6. The van der Waals surface area contributed by atoms with Crippen LogP contribution >= 0.6 is 0 Å². The van der Waals surface area contributed by atoms with Crippen LogP contribution < -0.4 is 0 Å². The molecule has 0 amide bonds. The number of benzene rings is 1. The summed E-state index contributed by atoms with van der Waals surface area (Å²) in [6.07, 6.45) is 46.9. The van der Waals surface area contributed by atoms with Crippen LogP contribution in [0, 0.1) is 0 Å². The van der Waals surface area contributed by atoms with E-state index in [1.54, 1.807) is 0 Å². The molecule has 0 saturated heterocycles. The van der Waals surface area contributed by atoms with E-state index < -0.39 is 11.2 Å². The number of carbonyl (C=O) groups is 2. The van der Waals surface area contributed by atoms with Gasteiger partial charge in [-0.05, 0) is 89.2 Å². The van der Waals surface area contributed by atoms with E-state index in [2.05, 4.69) is 41.5 Å². The third kappa shape index (κ3) is 27.3. The second kappa shape index (κ2) is 38.8. The number of rotatable bonds is 44. The quantitative estimate of drug-likeness (QED) is 0.0485. The Kier molecular flexibility index (Phi) is 36.3. The van der Waals surface area contributed by atoms with Crippen molar-refractivity contribution in [2.45, 2.75) is 310 Å². The molecule has 4 heteroatoms. The lowest BCUT2D eigenvalue weighted by atomic mass is 9.84. The van der Waals surface area contributed by atoms with E-state index in [1.165, 1.54) is 180 Å². The Balaban J connectivity index is 3.44. The number of hydrogen-bond acceptors (Lipinski definition) is 4. The lowest BCUT2D eigenvalue weighted by Gasteiger charge is -2.36. The van der Waals surface area contributed by atoms with Gasteiger partial charge in [-0.15, -0.1) is 0 Å². The lowest BCUT2D eigenvalue weighted by Crippen LogP contribution is -2.37. The highest BCUT2D eigenvalue weighted by Gasteiger charge is 2.37. The zero-order chi connectivity index (χ0) is 43.8. The van der Waals surface area contributed by atoms with Gasteiger partial charge in [0.2, 0.25) is 0 Å². The third-order valence-electron chi connectivity index (χ3n) is 13.4.